The molecule has 116 valence electrons. The zero-order valence-electron chi connectivity index (χ0n) is 11.7. The van der Waals surface area contributed by atoms with Gasteiger partial charge in [0.1, 0.15) is 0 Å². The molecule has 8 heteroatoms. The first-order valence-electron chi connectivity index (χ1n) is 6.55. The smallest absolute Gasteiger partial charge is 0.422 e. The molecule has 2 atom stereocenters. The topological polar surface area (TPSA) is 105 Å². The van der Waals surface area contributed by atoms with Gasteiger partial charge >= 0.3 is 16.3 Å². The van der Waals surface area contributed by atoms with Crippen molar-refractivity contribution >= 4 is 16.3 Å². The van der Waals surface area contributed by atoms with Crippen LogP contribution in [0.2, 0.25) is 0 Å². The molecule has 0 unspecified atom stereocenters. The third-order valence-electron chi connectivity index (χ3n) is 3.05. The summed E-state index contributed by atoms with van der Waals surface area (Å²) in [6.45, 7) is 3.22. The number of aliphatic hydroxyl groups is 1. The van der Waals surface area contributed by atoms with Crippen molar-refractivity contribution in [2.75, 3.05) is 0 Å². The fraction of sp³-hybridized carbons (Fsp3) is 0.462. The molecule has 2 rings (SSSR count). The SMILES string of the molecule is CC(C)OC(=O)NS(=O)(=O)N[C@@H]1c2ccccc2C[C@@H]1O. The molecule has 0 aromatic heterocycles. The van der Waals surface area contributed by atoms with Crippen LogP contribution in [0.5, 0.6) is 0 Å². The number of hydrogen-bond acceptors (Lipinski definition) is 5. The zero-order chi connectivity index (χ0) is 15.6. The highest BCUT2D eigenvalue weighted by Crippen LogP contribution is 2.31. The third kappa shape index (κ3) is 3.93. The van der Waals surface area contributed by atoms with Crippen molar-refractivity contribution in [3.05, 3.63) is 35.4 Å². The maximum absolute atomic E-state index is 11.9. The predicted molar refractivity (Wildman–Crippen MR) is 75.7 cm³/mol. The summed E-state index contributed by atoms with van der Waals surface area (Å²) in [6, 6.07) is 6.36. The van der Waals surface area contributed by atoms with E-state index >= 15 is 0 Å². The average Bonchev–Trinajstić information content (AvgIpc) is 2.63. The largest absolute Gasteiger partial charge is 0.446 e. The first kappa shape index (κ1) is 15.7. The van der Waals surface area contributed by atoms with Crippen LogP contribution in [0.4, 0.5) is 4.79 Å². The van der Waals surface area contributed by atoms with Crippen molar-refractivity contribution in [1.29, 1.82) is 0 Å². The highest BCUT2D eigenvalue weighted by molar-refractivity contribution is 7.88. The predicted octanol–water partition coefficient (Wildman–Crippen LogP) is 0.614. The Balaban J connectivity index is 2.09. The van der Waals surface area contributed by atoms with Crippen LogP contribution < -0.4 is 9.44 Å². The highest BCUT2D eigenvalue weighted by atomic mass is 32.2. The lowest BCUT2D eigenvalue weighted by Gasteiger charge is -2.18. The highest BCUT2D eigenvalue weighted by Gasteiger charge is 2.34. The summed E-state index contributed by atoms with van der Waals surface area (Å²) < 4.78 is 32.5. The molecule has 0 radical (unpaired) electrons. The number of benzene rings is 1. The monoisotopic (exact) mass is 314 g/mol. The number of rotatable bonds is 4. The van der Waals surface area contributed by atoms with E-state index in [-0.39, 0.29) is 0 Å². The lowest BCUT2D eigenvalue weighted by molar-refractivity contribution is 0.121. The van der Waals surface area contributed by atoms with E-state index in [4.69, 9.17) is 4.74 Å². The minimum absolute atomic E-state index is 0.361. The molecule has 7 nitrogen and oxygen atoms in total. The van der Waals surface area contributed by atoms with Gasteiger partial charge in [-0.15, -0.1) is 0 Å². The second kappa shape index (κ2) is 6.00. The molecule has 1 aromatic carbocycles. The van der Waals surface area contributed by atoms with Gasteiger partial charge in [-0.05, 0) is 25.0 Å². The van der Waals surface area contributed by atoms with E-state index in [1.165, 1.54) is 0 Å². The molecule has 0 aliphatic heterocycles. The fourth-order valence-corrected chi connectivity index (χ4v) is 3.21. The molecule has 0 heterocycles. The molecule has 1 amide bonds. The van der Waals surface area contributed by atoms with Crippen molar-refractivity contribution in [3.63, 3.8) is 0 Å². The number of hydrogen-bond donors (Lipinski definition) is 3. The van der Waals surface area contributed by atoms with Crippen LogP contribution in [0, 0.1) is 0 Å². The maximum atomic E-state index is 11.9. The minimum atomic E-state index is -4.12. The van der Waals surface area contributed by atoms with Gasteiger partial charge in [0, 0.05) is 6.42 Å². The normalized spacial score (nSPS) is 21.1. The van der Waals surface area contributed by atoms with E-state index in [9.17, 15) is 18.3 Å². The quantitative estimate of drug-likeness (QED) is 0.755. The lowest BCUT2D eigenvalue weighted by Crippen LogP contribution is -2.44. The molecule has 1 aliphatic rings. The van der Waals surface area contributed by atoms with Crippen LogP contribution in [-0.4, -0.2) is 31.8 Å². The molecular formula is C13H18N2O5S. The lowest BCUT2D eigenvalue weighted by atomic mass is 10.1. The van der Waals surface area contributed by atoms with Crippen LogP contribution in [-0.2, 0) is 21.4 Å². The molecular weight excluding hydrogens is 296 g/mol. The first-order valence-corrected chi connectivity index (χ1v) is 8.03. The minimum Gasteiger partial charge on any atom is -0.446 e. The standard InChI is InChI=1S/C13H18N2O5S/c1-8(2)20-13(17)15-21(18,19)14-12-10-6-4-3-5-9(10)7-11(12)16/h3-6,8,11-12,14,16H,7H2,1-2H3,(H,15,17)/t11-,12+/m0/s1. The fourth-order valence-electron chi connectivity index (χ4n) is 2.26. The van der Waals surface area contributed by atoms with E-state index < -0.39 is 34.6 Å². The van der Waals surface area contributed by atoms with Crippen molar-refractivity contribution in [2.45, 2.75) is 38.5 Å². The molecule has 1 aromatic rings. The van der Waals surface area contributed by atoms with Gasteiger partial charge in [0.25, 0.3) is 0 Å². The van der Waals surface area contributed by atoms with Gasteiger partial charge in [-0.2, -0.15) is 13.1 Å². The first-order chi connectivity index (χ1) is 9.78. The number of fused-ring (bicyclic) bond motifs is 1. The van der Waals surface area contributed by atoms with E-state index in [1.54, 1.807) is 30.7 Å². The third-order valence-corrected chi connectivity index (χ3v) is 4.05. The number of ether oxygens (including phenoxy) is 1. The van der Waals surface area contributed by atoms with Crippen LogP contribution in [0.3, 0.4) is 0 Å². The van der Waals surface area contributed by atoms with Gasteiger partial charge in [-0.3, -0.25) is 0 Å². The van der Waals surface area contributed by atoms with E-state index in [0.717, 1.165) is 5.56 Å². The molecule has 0 saturated heterocycles. The number of carbonyl (C=O) groups excluding carboxylic acids is 1. The number of nitrogens with one attached hydrogen (secondary N) is 2. The summed E-state index contributed by atoms with van der Waals surface area (Å²) in [5.41, 5.74) is 1.58. The Labute approximate surface area is 123 Å². The van der Waals surface area contributed by atoms with Crippen LogP contribution >= 0.6 is 0 Å². The van der Waals surface area contributed by atoms with Gasteiger partial charge in [0.15, 0.2) is 0 Å². The van der Waals surface area contributed by atoms with Crippen molar-refractivity contribution in [2.24, 2.45) is 0 Å². The van der Waals surface area contributed by atoms with Crippen molar-refractivity contribution in [3.8, 4) is 0 Å². The number of carbonyl (C=O) groups is 1. The maximum Gasteiger partial charge on any atom is 0.422 e. The van der Waals surface area contributed by atoms with Gasteiger partial charge in [-0.25, -0.2) is 9.52 Å². The molecule has 0 spiro atoms. The van der Waals surface area contributed by atoms with E-state index in [1.807, 2.05) is 12.1 Å². The summed E-state index contributed by atoms with van der Waals surface area (Å²) in [7, 11) is -4.12. The molecule has 0 fully saturated rings. The Morgan fingerprint density at radius 1 is 1.38 bits per heavy atom. The van der Waals surface area contributed by atoms with Crippen molar-refractivity contribution in [1.82, 2.24) is 9.44 Å². The summed E-state index contributed by atoms with van der Waals surface area (Å²) in [6.07, 6.45) is -2.00. The molecule has 3 N–H and O–H groups in total. The van der Waals surface area contributed by atoms with Gasteiger partial charge in [0.05, 0.1) is 18.2 Å². The number of aliphatic hydroxyl groups excluding tert-OH is 1. The van der Waals surface area contributed by atoms with Crippen molar-refractivity contribution < 1.29 is 23.1 Å². The van der Waals surface area contributed by atoms with Crippen LogP contribution in [0.1, 0.15) is 31.0 Å². The Bertz CT molecular complexity index is 629. The second-order valence-electron chi connectivity index (χ2n) is 5.13. The molecule has 0 bridgehead atoms. The Morgan fingerprint density at radius 3 is 2.71 bits per heavy atom. The molecule has 0 saturated carbocycles. The number of amides is 1. The molecule has 21 heavy (non-hydrogen) atoms. The van der Waals surface area contributed by atoms with Crippen LogP contribution in [0.15, 0.2) is 24.3 Å². The Hall–Kier alpha value is -1.64. The van der Waals surface area contributed by atoms with E-state index in [2.05, 4.69) is 4.72 Å². The van der Waals surface area contributed by atoms with Gasteiger partial charge in [-0.1, -0.05) is 24.3 Å². The summed E-state index contributed by atoms with van der Waals surface area (Å²) in [5, 5.41) is 9.98. The van der Waals surface area contributed by atoms with Gasteiger partial charge in [0.2, 0.25) is 0 Å². The Morgan fingerprint density at radius 2 is 2.05 bits per heavy atom. The Kier molecular flexibility index (Phi) is 4.50. The van der Waals surface area contributed by atoms with Gasteiger partial charge < -0.3 is 9.84 Å². The second-order valence-corrected chi connectivity index (χ2v) is 6.57. The average molecular weight is 314 g/mol. The summed E-state index contributed by atoms with van der Waals surface area (Å²) in [4.78, 5) is 11.4. The summed E-state index contributed by atoms with van der Waals surface area (Å²) >= 11 is 0. The zero-order valence-corrected chi connectivity index (χ0v) is 12.6. The van der Waals surface area contributed by atoms with Crippen LogP contribution in [0.25, 0.3) is 0 Å². The summed E-state index contributed by atoms with van der Waals surface area (Å²) in [5.74, 6) is 0. The van der Waals surface area contributed by atoms with E-state index in [0.29, 0.717) is 12.0 Å². The molecule has 1 aliphatic carbocycles.